The molecule has 4 heterocycles. The number of hydrogen-bond donors (Lipinski definition) is 0. The zero-order chi connectivity index (χ0) is 17.0. The van der Waals surface area contributed by atoms with Gasteiger partial charge in [-0.05, 0) is 50.8 Å². The number of likely N-dealkylation sites (tertiary alicyclic amines) is 1. The average molecular weight is 337 g/mol. The number of benzene rings is 1. The van der Waals surface area contributed by atoms with E-state index in [-0.39, 0.29) is 0 Å². The van der Waals surface area contributed by atoms with Gasteiger partial charge in [0.25, 0.3) is 0 Å². The summed E-state index contributed by atoms with van der Waals surface area (Å²) in [5.74, 6) is 0.300. The summed E-state index contributed by atoms with van der Waals surface area (Å²) in [5.41, 5.74) is 4.18. The number of hydrogen-bond acceptors (Lipinski definition) is 2. The van der Waals surface area contributed by atoms with E-state index in [0.29, 0.717) is 24.5 Å². The van der Waals surface area contributed by atoms with Gasteiger partial charge in [0.2, 0.25) is 5.91 Å². The summed E-state index contributed by atoms with van der Waals surface area (Å²) in [7, 11) is 2.27. The van der Waals surface area contributed by atoms with Gasteiger partial charge in [-0.15, -0.1) is 0 Å². The van der Waals surface area contributed by atoms with Crippen molar-refractivity contribution in [3.63, 3.8) is 0 Å². The van der Waals surface area contributed by atoms with Gasteiger partial charge in [-0.25, -0.2) is 0 Å². The predicted molar refractivity (Wildman–Crippen MR) is 99.6 cm³/mol. The third-order valence-electron chi connectivity index (χ3n) is 6.73. The number of likely N-dealkylation sites (N-methyl/N-ethyl adjacent to an activating group) is 1. The van der Waals surface area contributed by atoms with Crippen molar-refractivity contribution >= 4 is 16.8 Å². The second-order valence-electron chi connectivity index (χ2n) is 8.02. The van der Waals surface area contributed by atoms with Crippen molar-refractivity contribution in [2.24, 2.45) is 0 Å². The second-order valence-corrected chi connectivity index (χ2v) is 8.02. The summed E-state index contributed by atoms with van der Waals surface area (Å²) in [6, 6.07) is 9.88. The highest BCUT2D eigenvalue weighted by atomic mass is 16.2. The number of piperidine rings is 1. The predicted octanol–water partition coefficient (Wildman–Crippen LogP) is 3.35. The standard InChI is InChI=1S/C21H27N3O/c1-22-15-9-10-18(22)21-16-7-3-4-8-17(16)24(19(21)13-15)14-20(25)23-11-5-2-6-12-23/h3-4,7-8,15,18H,2,5-6,9-14H2,1H3. The number of para-hydroxylation sites is 1. The molecule has 0 aliphatic carbocycles. The molecular weight excluding hydrogens is 310 g/mol. The van der Waals surface area contributed by atoms with Crippen molar-refractivity contribution in [1.29, 1.82) is 0 Å². The molecule has 0 spiro atoms. The molecule has 2 bridgehead atoms. The van der Waals surface area contributed by atoms with Crippen LogP contribution in [0, 0.1) is 0 Å². The quantitative estimate of drug-likeness (QED) is 0.841. The Morgan fingerprint density at radius 1 is 1.12 bits per heavy atom. The van der Waals surface area contributed by atoms with Crippen LogP contribution >= 0.6 is 0 Å². The van der Waals surface area contributed by atoms with Crippen LogP contribution in [0.2, 0.25) is 0 Å². The number of amides is 1. The van der Waals surface area contributed by atoms with Crippen LogP contribution in [0.15, 0.2) is 24.3 Å². The van der Waals surface area contributed by atoms with Gasteiger partial charge in [0.1, 0.15) is 6.54 Å². The first kappa shape index (κ1) is 15.4. The van der Waals surface area contributed by atoms with Crippen molar-refractivity contribution < 1.29 is 4.79 Å². The Morgan fingerprint density at radius 2 is 1.92 bits per heavy atom. The minimum Gasteiger partial charge on any atom is -0.341 e. The van der Waals surface area contributed by atoms with Gasteiger partial charge in [0, 0.05) is 48.2 Å². The summed E-state index contributed by atoms with van der Waals surface area (Å²) in [6.45, 7) is 2.39. The summed E-state index contributed by atoms with van der Waals surface area (Å²) in [4.78, 5) is 17.6. The highest BCUT2D eigenvalue weighted by molar-refractivity contribution is 5.88. The topological polar surface area (TPSA) is 28.5 Å². The maximum atomic E-state index is 12.9. The number of nitrogens with zero attached hydrogens (tertiary/aromatic N) is 3. The number of carbonyl (C=O) groups excluding carboxylic acids is 1. The molecule has 132 valence electrons. The largest absolute Gasteiger partial charge is 0.341 e. The molecule has 2 aromatic rings. The van der Waals surface area contributed by atoms with Gasteiger partial charge in [-0.2, -0.15) is 0 Å². The molecule has 0 N–H and O–H groups in total. The van der Waals surface area contributed by atoms with Gasteiger partial charge in [0.05, 0.1) is 0 Å². The van der Waals surface area contributed by atoms with Crippen molar-refractivity contribution in [3.05, 3.63) is 35.5 Å². The van der Waals surface area contributed by atoms with Gasteiger partial charge in [0.15, 0.2) is 0 Å². The Labute approximate surface area is 149 Å². The first-order valence-electron chi connectivity index (χ1n) is 9.84. The van der Waals surface area contributed by atoms with E-state index in [0.717, 1.165) is 32.4 Å². The lowest BCUT2D eigenvalue weighted by atomic mass is 9.97. The molecule has 0 saturated carbocycles. The lowest BCUT2D eigenvalue weighted by Crippen LogP contribution is -2.39. The highest BCUT2D eigenvalue weighted by Crippen LogP contribution is 2.46. The summed E-state index contributed by atoms with van der Waals surface area (Å²) in [5, 5.41) is 1.36. The van der Waals surface area contributed by atoms with E-state index in [2.05, 4.69) is 45.7 Å². The molecule has 1 aromatic heterocycles. The third kappa shape index (κ3) is 2.34. The van der Waals surface area contributed by atoms with Crippen LogP contribution in [-0.4, -0.2) is 46.5 Å². The molecule has 2 saturated heterocycles. The Morgan fingerprint density at radius 3 is 2.76 bits per heavy atom. The molecule has 5 rings (SSSR count). The number of carbonyl (C=O) groups is 1. The van der Waals surface area contributed by atoms with Gasteiger partial charge in [-0.3, -0.25) is 9.69 Å². The van der Waals surface area contributed by atoms with Crippen LogP contribution in [0.5, 0.6) is 0 Å². The van der Waals surface area contributed by atoms with Crippen LogP contribution in [-0.2, 0) is 17.8 Å². The van der Waals surface area contributed by atoms with E-state index in [1.807, 2.05) is 0 Å². The van der Waals surface area contributed by atoms with E-state index >= 15 is 0 Å². The molecule has 25 heavy (non-hydrogen) atoms. The molecule has 2 fully saturated rings. The van der Waals surface area contributed by atoms with Crippen LogP contribution in [0.1, 0.15) is 49.4 Å². The maximum absolute atomic E-state index is 12.9. The first-order valence-corrected chi connectivity index (χ1v) is 9.84. The second kappa shape index (κ2) is 5.87. The maximum Gasteiger partial charge on any atom is 0.242 e. The van der Waals surface area contributed by atoms with E-state index < -0.39 is 0 Å². The van der Waals surface area contributed by atoms with Gasteiger partial charge < -0.3 is 9.47 Å². The van der Waals surface area contributed by atoms with Crippen molar-refractivity contribution in [2.75, 3.05) is 20.1 Å². The molecule has 0 radical (unpaired) electrons. The monoisotopic (exact) mass is 337 g/mol. The molecule has 1 amide bonds. The van der Waals surface area contributed by atoms with E-state index in [9.17, 15) is 4.79 Å². The Kier molecular flexibility index (Phi) is 3.63. The Bertz CT molecular complexity index is 818. The molecule has 3 aliphatic heterocycles. The normalized spacial score (nSPS) is 26.2. The zero-order valence-corrected chi connectivity index (χ0v) is 15.1. The fourth-order valence-corrected chi connectivity index (χ4v) is 5.36. The van der Waals surface area contributed by atoms with Crippen LogP contribution in [0.25, 0.3) is 10.9 Å². The fraction of sp³-hybridized carbons (Fsp3) is 0.571. The van der Waals surface area contributed by atoms with Crippen molar-refractivity contribution in [1.82, 2.24) is 14.4 Å². The molecular formula is C21H27N3O. The van der Waals surface area contributed by atoms with Crippen LogP contribution in [0.3, 0.4) is 0 Å². The number of rotatable bonds is 2. The van der Waals surface area contributed by atoms with E-state index in [1.54, 1.807) is 0 Å². The third-order valence-corrected chi connectivity index (χ3v) is 6.73. The number of aromatic nitrogens is 1. The Balaban J connectivity index is 1.57. The van der Waals surface area contributed by atoms with E-state index in [1.165, 1.54) is 41.4 Å². The lowest BCUT2D eigenvalue weighted by molar-refractivity contribution is -0.132. The average Bonchev–Trinajstić information content (AvgIpc) is 3.07. The summed E-state index contributed by atoms with van der Waals surface area (Å²) in [6.07, 6.45) is 7.20. The van der Waals surface area contributed by atoms with Gasteiger partial charge in [-0.1, -0.05) is 18.2 Å². The molecule has 1 aromatic carbocycles. The van der Waals surface area contributed by atoms with Crippen LogP contribution in [0.4, 0.5) is 0 Å². The van der Waals surface area contributed by atoms with Crippen LogP contribution < -0.4 is 0 Å². The SMILES string of the molecule is CN1C2CCC1c1c(n(CC(=O)N3CCCCC3)c3ccccc13)C2. The number of fused-ring (bicyclic) bond motifs is 6. The molecule has 4 nitrogen and oxygen atoms in total. The lowest BCUT2D eigenvalue weighted by Gasteiger charge is -2.33. The summed E-state index contributed by atoms with van der Waals surface area (Å²) >= 11 is 0. The minimum absolute atomic E-state index is 0.300. The summed E-state index contributed by atoms with van der Waals surface area (Å²) < 4.78 is 2.35. The van der Waals surface area contributed by atoms with E-state index in [4.69, 9.17) is 0 Å². The molecule has 2 unspecified atom stereocenters. The molecule has 3 aliphatic rings. The van der Waals surface area contributed by atoms with Crippen molar-refractivity contribution in [3.8, 4) is 0 Å². The molecule has 4 heteroatoms. The highest BCUT2D eigenvalue weighted by Gasteiger charge is 2.40. The molecule has 2 atom stereocenters. The van der Waals surface area contributed by atoms with Crippen molar-refractivity contribution in [2.45, 2.75) is 57.2 Å². The fourth-order valence-electron chi connectivity index (χ4n) is 5.36. The zero-order valence-electron chi connectivity index (χ0n) is 15.1. The minimum atomic E-state index is 0.300. The Hall–Kier alpha value is -1.81. The smallest absolute Gasteiger partial charge is 0.242 e. The first-order chi connectivity index (χ1) is 12.2. The van der Waals surface area contributed by atoms with Gasteiger partial charge >= 0.3 is 0 Å².